The Morgan fingerprint density at radius 3 is 2.44 bits per heavy atom. The summed E-state index contributed by atoms with van der Waals surface area (Å²) < 4.78 is 24.6. The standard InChI is InChI=1S/C16H21BrCl3O3PS/c1-10(2)9-25-24(21,22-8-14-15(3,4)16(14,19)20)23-13-6-5-11(17)7-12(13)18/h5-7,10,14H,8-9H2,1-4H3. The molecule has 0 heterocycles. The van der Waals surface area contributed by atoms with Gasteiger partial charge in [-0.25, -0.2) is 4.57 Å². The van der Waals surface area contributed by atoms with E-state index in [-0.39, 0.29) is 17.9 Å². The lowest BCUT2D eigenvalue weighted by Crippen LogP contribution is -2.05. The van der Waals surface area contributed by atoms with Crippen molar-refractivity contribution < 1.29 is 13.6 Å². The summed E-state index contributed by atoms with van der Waals surface area (Å²) >= 11 is 23.2. The molecule has 9 heteroatoms. The predicted octanol–water partition coefficient (Wildman–Crippen LogP) is 7.83. The molecular formula is C16H21BrCl3O3PS. The molecule has 0 saturated heterocycles. The van der Waals surface area contributed by atoms with Crippen LogP contribution < -0.4 is 4.52 Å². The molecular weight excluding hydrogens is 489 g/mol. The highest BCUT2D eigenvalue weighted by molar-refractivity contribution is 9.10. The number of hydrogen-bond acceptors (Lipinski definition) is 4. The van der Waals surface area contributed by atoms with Crippen LogP contribution in [0.25, 0.3) is 0 Å². The Labute approximate surface area is 176 Å². The van der Waals surface area contributed by atoms with E-state index in [1.165, 1.54) is 0 Å². The summed E-state index contributed by atoms with van der Waals surface area (Å²) in [5.74, 6) is 1.18. The molecule has 1 aromatic carbocycles. The van der Waals surface area contributed by atoms with Gasteiger partial charge in [0.15, 0.2) is 0 Å². The quantitative estimate of drug-likeness (QED) is 0.264. The van der Waals surface area contributed by atoms with Gasteiger partial charge < -0.3 is 4.52 Å². The molecule has 0 spiro atoms. The first kappa shape index (κ1) is 22.2. The van der Waals surface area contributed by atoms with Crippen molar-refractivity contribution in [3.8, 4) is 5.75 Å². The normalized spacial score (nSPS) is 23.3. The summed E-state index contributed by atoms with van der Waals surface area (Å²) in [7, 11) is 0. The highest BCUT2D eigenvalue weighted by Crippen LogP contribution is 2.70. The minimum Gasteiger partial charge on any atom is -0.415 e. The SMILES string of the molecule is CC(C)CSP(=O)(OCC1C(C)(C)C1(Cl)Cl)Oc1ccc(Br)cc1Cl. The Balaban J connectivity index is 2.12. The lowest BCUT2D eigenvalue weighted by Gasteiger charge is -2.20. The summed E-state index contributed by atoms with van der Waals surface area (Å²) in [6.45, 7) is 4.69. The maximum absolute atomic E-state index is 13.2. The highest BCUT2D eigenvalue weighted by atomic mass is 79.9. The van der Waals surface area contributed by atoms with Gasteiger partial charge >= 0.3 is 6.80 Å². The summed E-state index contributed by atoms with van der Waals surface area (Å²) in [4.78, 5) is 0. The fourth-order valence-electron chi connectivity index (χ4n) is 2.24. The maximum Gasteiger partial charge on any atom is 0.440 e. The molecule has 2 rings (SSSR count). The van der Waals surface area contributed by atoms with Crippen LogP contribution >= 0.6 is 68.9 Å². The van der Waals surface area contributed by atoms with Crippen LogP contribution in [0.15, 0.2) is 22.7 Å². The smallest absolute Gasteiger partial charge is 0.415 e. The first-order valence-electron chi connectivity index (χ1n) is 7.80. The molecule has 1 aliphatic rings. The number of halogens is 4. The van der Waals surface area contributed by atoms with Crippen molar-refractivity contribution in [3.63, 3.8) is 0 Å². The highest BCUT2D eigenvalue weighted by Gasteiger charge is 2.70. The summed E-state index contributed by atoms with van der Waals surface area (Å²) in [6.07, 6.45) is 0. The zero-order valence-corrected chi connectivity index (χ0v) is 20.0. The van der Waals surface area contributed by atoms with E-state index in [4.69, 9.17) is 43.9 Å². The molecule has 0 aliphatic heterocycles. The van der Waals surface area contributed by atoms with Gasteiger partial charge in [-0.3, -0.25) is 4.52 Å². The average Bonchev–Trinajstić information content (AvgIpc) is 2.87. The molecule has 0 aromatic heterocycles. The maximum atomic E-state index is 13.2. The fraction of sp³-hybridized carbons (Fsp3) is 0.625. The molecule has 0 amide bonds. The Hall–Kier alpha value is 0.910. The van der Waals surface area contributed by atoms with E-state index in [1.54, 1.807) is 18.2 Å². The third-order valence-corrected chi connectivity index (χ3v) is 10.4. The van der Waals surface area contributed by atoms with Gasteiger partial charge in [0.1, 0.15) is 10.1 Å². The fourth-order valence-corrected chi connectivity index (χ4v) is 7.47. The summed E-state index contributed by atoms with van der Waals surface area (Å²) in [6, 6.07) is 5.11. The lowest BCUT2D eigenvalue weighted by atomic mass is 10.1. The molecule has 3 nitrogen and oxygen atoms in total. The van der Waals surface area contributed by atoms with E-state index in [1.807, 2.05) is 27.7 Å². The van der Waals surface area contributed by atoms with Crippen LogP contribution in [0.3, 0.4) is 0 Å². The van der Waals surface area contributed by atoms with Gasteiger partial charge in [0.2, 0.25) is 0 Å². The molecule has 1 saturated carbocycles. The number of benzene rings is 1. The molecule has 25 heavy (non-hydrogen) atoms. The van der Waals surface area contributed by atoms with Crippen molar-refractivity contribution in [2.24, 2.45) is 17.3 Å². The van der Waals surface area contributed by atoms with Crippen molar-refractivity contribution in [1.29, 1.82) is 0 Å². The van der Waals surface area contributed by atoms with Crippen molar-refractivity contribution >= 4 is 68.9 Å². The summed E-state index contributed by atoms with van der Waals surface area (Å²) in [5, 5.41) is 0.360. The van der Waals surface area contributed by atoms with Crippen LogP contribution in [0.5, 0.6) is 5.75 Å². The third kappa shape index (κ3) is 5.25. The first-order chi connectivity index (χ1) is 11.4. The number of alkyl halides is 2. The zero-order valence-electron chi connectivity index (χ0n) is 14.4. The Kier molecular flexibility index (Phi) is 7.20. The van der Waals surface area contributed by atoms with E-state index in [9.17, 15) is 4.57 Å². The van der Waals surface area contributed by atoms with Crippen LogP contribution in [-0.4, -0.2) is 16.7 Å². The zero-order chi connectivity index (χ0) is 19.0. The topological polar surface area (TPSA) is 35.5 Å². The number of hydrogen-bond donors (Lipinski definition) is 0. The Bertz CT molecular complexity index is 671. The van der Waals surface area contributed by atoms with E-state index in [2.05, 4.69) is 15.9 Å². The van der Waals surface area contributed by atoms with Crippen molar-refractivity contribution in [3.05, 3.63) is 27.7 Å². The van der Waals surface area contributed by atoms with Crippen molar-refractivity contribution in [2.75, 3.05) is 12.4 Å². The van der Waals surface area contributed by atoms with Gasteiger partial charge in [-0.1, -0.05) is 55.2 Å². The first-order valence-corrected chi connectivity index (χ1v) is 12.9. The Morgan fingerprint density at radius 1 is 1.36 bits per heavy atom. The molecule has 1 fully saturated rings. The molecule has 2 unspecified atom stereocenters. The molecule has 142 valence electrons. The molecule has 1 aromatic rings. The van der Waals surface area contributed by atoms with E-state index in [0.29, 0.717) is 22.4 Å². The Morgan fingerprint density at radius 2 is 1.96 bits per heavy atom. The second kappa shape index (κ2) is 8.11. The van der Waals surface area contributed by atoms with Crippen LogP contribution in [-0.2, 0) is 9.09 Å². The van der Waals surface area contributed by atoms with Gasteiger partial charge in [0, 0.05) is 21.6 Å². The minimum absolute atomic E-state index is 0.111. The third-order valence-electron chi connectivity index (χ3n) is 4.15. The van der Waals surface area contributed by atoms with Crippen LogP contribution in [0.2, 0.25) is 5.02 Å². The van der Waals surface area contributed by atoms with E-state index in [0.717, 1.165) is 15.9 Å². The van der Waals surface area contributed by atoms with Gasteiger partial charge in [0.05, 0.1) is 11.6 Å². The monoisotopic (exact) mass is 508 g/mol. The van der Waals surface area contributed by atoms with E-state index < -0.39 is 11.1 Å². The molecule has 0 bridgehead atoms. The van der Waals surface area contributed by atoms with Gasteiger partial charge in [-0.05, 0) is 35.5 Å². The van der Waals surface area contributed by atoms with Crippen molar-refractivity contribution in [2.45, 2.75) is 32.0 Å². The molecule has 1 aliphatic carbocycles. The second-order valence-corrected chi connectivity index (χ2v) is 13.7. The van der Waals surface area contributed by atoms with Gasteiger partial charge in [-0.15, -0.1) is 23.2 Å². The van der Waals surface area contributed by atoms with Crippen molar-refractivity contribution in [1.82, 2.24) is 0 Å². The second-order valence-electron chi connectivity index (χ2n) is 7.00. The minimum atomic E-state index is -3.46. The molecule has 2 atom stereocenters. The molecule has 0 N–H and O–H groups in total. The lowest BCUT2D eigenvalue weighted by molar-refractivity contribution is 0.254. The van der Waals surface area contributed by atoms with E-state index >= 15 is 0 Å². The average molecular weight is 511 g/mol. The van der Waals surface area contributed by atoms with Gasteiger partial charge in [-0.2, -0.15) is 0 Å². The predicted molar refractivity (Wildman–Crippen MR) is 112 cm³/mol. The molecule has 0 radical (unpaired) electrons. The summed E-state index contributed by atoms with van der Waals surface area (Å²) in [5.41, 5.74) is -0.293. The number of rotatable bonds is 8. The van der Waals surface area contributed by atoms with Gasteiger partial charge in [0.25, 0.3) is 0 Å². The van der Waals surface area contributed by atoms with Crippen LogP contribution in [0.1, 0.15) is 27.7 Å². The van der Waals surface area contributed by atoms with Crippen LogP contribution in [0.4, 0.5) is 0 Å². The largest absolute Gasteiger partial charge is 0.440 e. The van der Waals surface area contributed by atoms with Crippen LogP contribution in [0, 0.1) is 17.3 Å².